The number of benzene rings is 2. The number of hydrogen-bond acceptors (Lipinski definition) is 8. The highest BCUT2D eigenvalue weighted by Crippen LogP contribution is 2.42. The smallest absolute Gasteiger partial charge is 0.360 e. The largest absolute Gasteiger partial charge is 0.496 e. The molecule has 1 heterocycles. The molecule has 0 radical (unpaired) electrons. The number of nitrogens with two attached hydrogens (primary N) is 1. The van der Waals surface area contributed by atoms with Crippen molar-refractivity contribution in [2.75, 3.05) is 28.4 Å². The Hall–Kier alpha value is -3.72. The van der Waals surface area contributed by atoms with Gasteiger partial charge in [0.1, 0.15) is 16.9 Å². The number of carbonyl (C=O) groups is 1. The number of carbonyl (C=O) groups excluding carboxylic acids is 1. The van der Waals surface area contributed by atoms with Gasteiger partial charge in [0.25, 0.3) is 5.69 Å². The Morgan fingerprint density at radius 1 is 0.897 bits per heavy atom. The molecule has 9 heteroatoms. The summed E-state index contributed by atoms with van der Waals surface area (Å²) in [4.78, 5) is 16.4. The van der Waals surface area contributed by atoms with Crippen molar-refractivity contribution in [3.8, 4) is 45.4 Å². The van der Waals surface area contributed by atoms with Crippen LogP contribution in [0.5, 0.6) is 23.0 Å². The van der Waals surface area contributed by atoms with Crippen LogP contribution in [0.15, 0.2) is 41.1 Å². The fourth-order valence-corrected chi connectivity index (χ4v) is 3.01. The number of aromatic amines is 1. The molecule has 152 valence electrons. The monoisotopic (exact) mass is 401 g/mol. The number of H-pyrrole nitrogens is 1. The minimum Gasteiger partial charge on any atom is -0.496 e. The molecule has 9 nitrogen and oxygen atoms in total. The maximum Gasteiger partial charge on any atom is 0.360 e. The number of ether oxygens (including phenoxy) is 4. The minimum absolute atomic E-state index is 0.185. The Morgan fingerprint density at radius 3 is 2.10 bits per heavy atom. The van der Waals surface area contributed by atoms with Crippen LogP contribution in [0.3, 0.4) is 0 Å². The van der Waals surface area contributed by atoms with Crippen LogP contribution in [0.25, 0.3) is 22.4 Å². The molecular weight excluding hydrogens is 380 g/mol. The van der Waals surface area contributed by atoms with E-state index in [1.54, 1.807) is 30.3 Å². The second-order valence-electron chi connectivity index (χ2n) is 5.86. The van der Waals surface area contributed by atoms with Crippen LogP contribution in [0.2, 0.25) is 0 Å². The third-order valence-corrected chi connectivity index (χ3v) is 4.40. The van der Waals surface area contributed by atoms with Gasteiger partial charge in [-0.2, -0.15) is 5.90 Å². The van der Waals surface area contributed by atoms with E-state index >= 15 is 0 Å². The van der Waals surface area contributed by atoms with Crippen LogP contribution < -0.4 is 30.0 Å². The van der Waals surface area contributed by atoms with Crippen LogP contribution in [-0.4, -0.2) is 34.4 Å². The summed E-state index contributed by atoms with van der Waals surface area (Å²) in [6.07, 6.45) is 1.53. The first-order valence-corrected chi connectivity index (χ1v) is 8.46. The fraction of sp³-hybridized carbons (Fsp3) is 0.200. The van der Waals surface area contributed by atoms with E-state index in [2.05, 4.69) is 9.99 Å². The maximum atomic E-state index is 12.0. The molecule has 0 atom stereocenters. The number of hydrogen-bond donors (Lipinski definition) is 1. The van der Waals surface area contributed by atoms with Gasteiger partial charge in [0, 0.05) is 0 Å². The first-order valence-electron chi connectivity index (χ1n) is 8.46. The van der Waals surface area contributed by atoms with Gasteiger partial charge in [-0.15, -0.1) is 0 Å². The molecule has 0 aliphatic heterocycles. The molecule has 0 aliphatic rings. The van der Waals surface area contributed by atoms with E-state index in [1.165, 1.54) is 34.7 Å². The Balaban J connectivity index is 2.15. The van der Waals surface area contributed by atoms with Gasteiger partial charge in [0.2, 0.25) is 5.75 Å². The quantitative estimate of drug-likeness (QED) is 0.600. The van der Waals surface area contributed by atoms with Gasteiger partial charge in [-0.1, -0.05) is 6.07 Å². The first kappa shape index (κ1) is 20.0. The van der Waals surface area contributed by atoms with Crippen molar-refractivity contribution >= 4 is 5.97 Å². The molecule has 0 spiro atoms. The molecule has 29 heavy (non-hydrogen) atoms. The Labute approximate surface area is 166 Å². The summed E-state index contributed by atoms with van der Waals surface area (Å²) in [6.45, 7) is 0. The summed E-state index contributed by atoms with van der Waals surface area (Å²) in [5.41, 5.74) is 2.92. The third-order valence-electron chi connectivity index (χ3n) is 4.40. The van der Waals surface area contributed by atoms with Gasteiger partial charge in [-0.3, -0.25) is 0 Å². The molecule has 3 N–H and O–H groups in total. The topological polar surface area (TPSA) is 117 Å². The molecule has 0 bridgehead atoms. The second-order valence-corrected chi connectivity index (χ2v) is 5.86. The van der Waals surface area contributed by atoms with Crippen molar-refractivity contribution in [1.29, 1.82) is 0 Å². The average molecular weight is 401 g/mol. The lowest BCUT2D eigenvalue weighted by Gasteiger charge is -2.13. The van der Waals surface area contributed by atoms with E-state index in [0.717, 1.165) is 5.56 Å². The summed E-state index contributed by atoms with van der Waals surface area (Å²) in [5, 5.41) is 2.85. The van der Waals surface area contributed by atoms with Crippen molar-refractivity contribution in [2.45, 2.75) is 0 Å². The van der Waals surface area contributed by atoms with Crippen LogP contribution in [-0.2, 0) is 4.84 Å². The van der Waals surface area contributed by atoms with Crippen LogP contribution >= 0.6 is 0 Å². The predicted molar refractivity (Wildman–Crippen MR) is 102 cm³/mol. The molecule has 1 aromatic heterocycles. The summed E-state index contributed by atoms with van der Waals surface area (Å²) in [7, 11) is 6.06. The highest BCUT2D eigenvalue weighted by atomic mass is 16.7. The minimum atomic E-state index is -0.717. The fourth-order valence-electron chi connectivity index (χ4n) is 3.01. The van der Waals surface area contributed by atoms with Gasteiger partial charge in [0.05, 0.1) is 34.0 Å². The van der Waals surface area contributed by atoms with E-state index in [4.69, 9.17) is 29.4 Å². The van der Waals surface area contributed by atoms with Crippen molar-refractivity contribution in [3.63, 3.8) is 0 Å². The SMILES string of the molecule is COc1ccc(-c2co[nH+]c2-c2cc(OC)c(OC)c(OC)c2)cc1C(=O)ON. The van der Waals surface area contributed by atoms with Gasteiger partial charge in [-0.05, 0) is 35.0 Å². The Kier molecular flexibility index (Phi) is 5.89. The van der Waals surface area contributed by atoms with Crippen molar-refractivity contribution < 1.29 is 38.3 Å². The highest BCUT2D eigenvalue weighted by Gasteiger charge is 2.24. The number of nitrogens with one attached hydrogen (secondary N) is 1. The first-order chi connectivity index (χ1) is 14.1. The molecule has 0 fully saturated rings. The molecule has 2 aromatic carbocycles. The summed E-state index contributed by atoms with van der Waals surface area (Å²) in [6, 6.07) is 8.60. The molecule has 0 aliphatic carbocycles. The maximum absolute atomic E-state index is 12.0. The van der Waals surface area contributed by atoms with Crippen LogP contribution in [0, 0.1) is 0 Å². The van der Waals surface area contributed by atoms with Crippen LogP contribution in [0.4, 0.5) is 0 Å². The van der Waals surface area contributed by atoms with Crippen molar-refractivity contribution in [2.24, 2.45) is 5.90 Å². The van der Waals surface area contributed by atoms with Crippen molar-refractivity contribution in [1.82, 2.24) is 0 Å². The normalized spacial score (nSPS) is 10.4. The lowest BCUT2D eigenvalue weighted by atomic mass is 9.99. The zero-order valence-corrected chi connectivity index (χ0v) is 16.4. The number of rotatable bonds is 7. The molecule has 3 aromatic rings. The lowest BCUT2D eigenvalue weighted by Crippen LogP contribution is -2.11. The van der Waals surface area contributed by atoms with Crippen molar-refractivity contribution in [3.05, 3.63) is 42.2 Å². The molecule has 0 saturated carbocycles. The zero-order valence-electron chi connectivity index (χ0n) is 16.4. The molecule has 0 saturated heterocycles. The zero-order chi connectivity index (χ0) is 21.0. The van der Waals surface area contributed by atoms with E-state index in [-0.39, 0.29) is 5.56 Å². The van der Waals surface area contributed by atoms with Gasteiger partial charge < -0.3 is 23.8 Å². The second kappa shape index (κ2) is 8.53. The summed E-state index contributed by atoms with van der Waals surface area (Å²) in [5.74, 6) is 6.11. The van der Waals surface area contributed by atoms with Gasteiger partial charge in [0.15, 0.2) is 17.8 Å². The van der Waals surface area contributed by atoms with Crippen LogP contribution in [0.1, 0.15) is 10.4 Å². The molecule has 0 unspecified atom stereocenters. The van der Waals surface area contributed by atoms with E-state index < -0.39 is 5.97 Å². The molecule has 3 rings (SSSR count). The average Bonchev–Trinajstić information content (AvgIpc) is 3.26. The summed E-state index contributed by atoms with van der Waals surface area (Å²) >= 11 is 0. The Bertz CT molecular complexity index is 1000. The third kappa shape index (κ3) is 3.67. The lowest BCUT2D eigenvalue weighted by molar-refractivity contribution is -0.599. The van der Waals surface area contributed by atoms with Gasteiger partial charge in [-0.25, -0.2) is 9.32 Å². The predicted octanol–water partition coefficient (Wildman–Crippen LogP) is 2.49. The molecule has 0 amide bonds. The van der Waals surface area contributed by atoms with E-state index in [0.29, 0.717) is 39.8 Å². The summed E-state index contributed by atoms with van der Waals surface area (Å²) < 4.78 is 26.7. The van der Waals surface area contributed by atoms with Gasteiger partial charge >= 0.3 is 5.97 Å². The van der Waals surface area contributed by atoms with E-state index in [9.17, 15) is 4.79 Å². The highest BCUT2D eigenvalue weighted by molar-refractivity contribution is 5.94. The molecular formula is C20H21N2O7+. The number of methoxy groups -OCH3 is 4. The number of aromatic nitrogens is 1. The Morgan fingerprint density at radius 2 is 1.55 bits per heavy atom. The standard InChI is InChI=1S/C20H20N2O7/c1-24-15-6-5-11(7-13(15)20(23)29-21)14-10-28-22-18(14)12-8-16(25-2)19(27-4)17(9-12)26-3/h5-10H,21H2,1-4H3/p+1. The van der Waals surface area contributed by atoms with E-state index in [1.807, 2.05) is 0 Å².